The van der Waals surface area contributed by atoms with E-state index in [-0.39, 0.29) is 0 Å². The topological polar surface area (TPSA) is 39.9 Å². The van der Waals surface area contributed by atoms with E-state index < -0.39 is 0 Å². The average Bonchev–Trinajstić information content (AvgIpc) is 3.11. The minimum atomic E-state index is 0.478. The number of aromatic nitrogens is 1. The van der Waals surface area contributed by atoms with Crippen molar-refractivity contribution >= 4 is 5.69 Å². The smallest absolute Gasteiger partial charge is 0.140 e. The molecule has 1 aromatic rings. The zero-order chi connectivity index (χ0) is 10.8. The second-order valence-electron chi connectivity index (χ2n) is 4.20. The molecule has 1 aliphatic carbocycles. The molecule has 78 valence electrons. The van der Waals surface area contributed by atoms with Gasteiger partial charge in [-0.1, -0.05) is 0 Å². The second kappa shape index (κ2) is 3.90. The molecule has 1 saturated carbocycles. The summed E-state index contributed by atoms with van der Waals surface area (Å²) >= 11 is 0. The summed E-state index contributed by atoms with van der Waals surface area (Å²) in [6, 6.07) is 6.33. The van der Waals surface area contributed by atoms with Crippen LogP contribution in [-0.4, -0.2) is 18.1 Å². The van der Waals surface area contributed by atoms with E-state index in [0.717, 1.165) is 11.6 Å². The first-order chi connectivity index (χ1) is 7.22. The lowest BCUT2D eigenvalue weighted by molar-refractivity contribution is 0.608. The minimum Gasteiger partial charge on any atom is -0.370 e. The van der Waals surface area contributed by atoms with Gasteiger partial charge >= 0.3 is 0 Å². The summed E-state index contributed by atoms with van der Waals surface area (Å²) in [5.41, 5.74) is 1.57. The number of pyridine rings is 1. The fraction of sp³-hybridized carbons (Fsp3) is 0.500. The van der Waals surface area contributed by atoms with Crippen LogP contribution in [0.3, 0.4) is 0 Å². The predicted molar refractivity (Wildman–Crippen MR) is 59.5 cm³/mol. The molecule has 3 heteroatoms. The molecule has 1 heterocycles. The molecular weight excluding hydrogens is 186 g/mol. The van der Waals surface area contributed by atoms with Crippen molar-refractivity contribution in [3.63, 3.8) is 0 Å². The number of nitrogens with zero attached hydrogens (tertiary/aromatic N) is 3. The molecule has 1 aliphatic rings. The Balaban J connectivity index is 2.11. The minimum absolute atomic E-state index is 0.478. The molecule has 0 radical (unpaired) electrons. The summed E-state index contributed by atoms with van der Waals surface area (Å²) in [5, 5.41) is 8.65. The average molecular weight is 201 g/mol. The number of hydrogen-bond donors (Lipinski definition) is 0. The van der Waals surface area contributed by atoms with Crippen molar-refractivity contribution in [1.82, 2.24) is 4.98 Å². The van der Waals surface area contributed by atoms with Crippen LogP contribution in [0.5, 0.6) is 0 Å². The fourth-order valence-corrected chi connectivity index (χ4v) is 1.79. The Labute approximate surface area is 90.4 Å². The normalized spacial score (nSPS) is 16.9. The molecule has 0 aromatic carbocycles. The maximum atomic E-state index is 8.65. The maximum absolute atomic E-state index is 8.65. The predicted octanol–water partition coefficient (Wildman–Crippen LogP) is 2.19. The highest BCUT2D eigenvalue weighted by Crippen LogP contribution is 2.35. The Kier molecular flexibility index (Phi) is 2.59. The first-order valence-corrected chi connectivity index (χ1v) is 5.31. The summed E-state index contributed by atoms with van der Waals surface area (Å²) in [6.45, 7) is 2.25. The van der Waals surface area contributed by atoms with E-state index in [1.165, 1.54) is 12.8 Å². The lowest BCUT2D eigenvalue weighted by Crippen LogP contribution is -2.30. The molecule has 0 N–H and O–H groups in total. The zero-order valence-corrected chi connectivity index (χ0v) is 9.14. The fourth-order valence-electron chi connectivity index (χ4n) is 1.79. The van der Waals surface area contributed by atoms with Gasteiger partial charge in [0.25, 0.3) is 0 Å². The summed E-state index contributed by atoms with van der Waals surface area (Å²) in [6.07, 6.45) is 4.46. The number of anilines is 1. The number of hydrogen-bond acceptors (Lipinski definition) is 3. The van der Waals surface area contributed by atoms with Crippen LogP contribution in [0.2, 0.25) is 0 Å². The van der Waals surface area contributed by atoms with Crippen LogP contribution in [0.15, 0.2) is 18.3 Å². The lowest BCUT2D eigenvalue weighted by Gasteiger charge is -2.26. The molecule has 0 spiro atoms. The summed E-state index contributed by atoms with van der Waals surface area (Å²) < 4.78 is 0. The Morgan fingerprint density at radius 2 is 2.27 bits per heavy atom. The van der Waals surface area contributed by atoms with E-state index in [0.29, 0.717) is 11.7 Å². The molecule has 15 heavy (non-hydrogen) atoms. The van der Waals surface area contributed by atoms with Gasteiger partial charge in [-0.25, -0.2) is 4.98 Å². The van der Waals surface area contributed by atoms with Gasteiger partial charge in [0.15, 0.2) is 0 Å². The lowest BCUT2D eigenvalue weighted by atomic mass is 10.2. The van der Waals surface area contributed by atoms with Crippen LogP contribution < -0.4 is 4.90 Å². The van der Waals surface area contributed by atoms with E-state index in [1.807, 2.05) is 12.1 Å². The number of rotatable bonds is 3. The van der Waals surface area contributed by atoms with Gasteiger partial charge in [-0.15, -0.1) is 0 Å². The van der Waals surface area contributed by atoms with E-state index in [4.69, 9.17) is 5.26 Å². The third kappa shape index (κ3) is 2.10. The summed E-state index contributed by atoms with van der Waals surface area (Å²) in [5.74, 6) is 0.839. The maximum Gasteiger partial charge on any atom is 0.140 e. The molecule has 2 rings (SSSR count). The molecule has 0 amide bonds. The van der Waals surface area contributed by atoms with Crippen LogP contribution in [0.25, 0.3) is 0 Å². The SMILES string of the molecule is CC(C1CC1)N(C)c1ccc(C#N)nc1. The second-order valence-corrected chi connectivity index (χ2v) is 4.20. The van der Waals surface area contributed by atoms with E-state index in [9.17, 15) is 0 Å². The standard InChI is InChI=1S/C12H15N3/c1-9(10-3-4-10)15(2)12-6-5-11(7-13)14-8-12/h5-6,8-10H,3-4H2,1-2H3. The van der Waals surface area contributed by atoms with Crippen molar-refractivity contribution < 1.29 is 0 Å². The highest BCUT2D eigenvalue weighted by atomic mass is 15.1. The Bertz CT molecular complexity index is 373. The summed E-state index contributed by atoms with van der Waals surface area (Å²) in [4.78, 5) is 6.32. The highest BCUT2D eigenvalue weighted by Gasteiger charge is 2.30. The van der Waals surface area contributed by atoms with Crippen LogP contribution in [0, 0.1) is 17.2 Å². The Morgan fingerprint density at radius 1 is 1.53 bits per heavy atom. The van der Waals surface area contributed by atoms with E-state index >= 15 is 0 Å². The largest absolute Gasteiger partial charge is 0.370 e. The zero-order valence-electron chi connectivity index (χ0n) is 9.14. The highest BCUT2D eigenvalue weighted by molar-refractivity contribution is 5.46. The first-order valence-electron chi connectivity index (χ1n) is 5.31. The van der Waals surface area contributed by atoms with Crippen LogP contribution in [-0.2, 0) is 0 Å². The molecular formula is C12H15N3. The van der Waals surface area contributed by atoms with Crippen molar-refractivity contribution in [1.29, 1.82) is 5.26 Å². The summed E-state index contributed by atoms with van der Waals surface area (Å²) in [7, 11) is 2.09. The first kappa shape index (κ1) is 9.97. The molecule has 0 bridgehead atoms. The molecule has 1 atom stereocenters. The Morgan fingerprint density at radius 3 is 2.73 bits per heavy atom. The third-order valence-corrected chi connectivity index (χ3v) is 3.18. The molecule has 1 unspecified atom stereocenters. The molecule has 0 saturated heterocycles. The van der Waals surface area contributed by atoms with Gasteiger partial charge < -0.3 is 4.90 Å². The molecule has 0 aliphatic heterocycles. The van der Waals surface area contributed by atoms with Gasteiger partial charge in [-0.3, -0.25) is 0 Å². The van der Waals surface area contributed by atoms with Gasteiger partial charge in [-0.05, 0) is 37.8 Å². The van der Waals surface area contributed by atoms with Crippen LogP contribution in [0.1, 0.15) is 25.5 Å². The van der Waals surface area contributed by atoms with E-state index in [2.05, 4.69) is 23.9 Å². The number of nitriles is 1. The molecule has 3 nitrogen and oxygen atoms in total. The van der Waals surface area contributed by atoms with Gasteiger partial charge in [-0.2, -0.15) is 5.26 Å². The third-order valence-electron chi connectivity index (χ3n) is 3.18. The Hall–Kier alpha value is -1.56. The van der Waals surface area contributed by atoms with Gasteiger partial charge in [0, 0.05) is 13.1 Å². The van der Waals surface area contributed by atoms with Crippen LogP contribution >= 0.6 is 0 Å². The van der Waals surface area contributed by atoms with Crippen molar-refractivity contribution in [2.75, 3.05) is 11.9 Å². The van der Waals surface area contributed by atoms with Crippen molar-refractivity contribution in [3.8, 4) is 6.07 Å². The van der Waals surface area contributed by atoms with Crippen LogP contribution in [0.4, 0.5) is 5.69 Å². The molecule has 1 aromatic heterocycles. The molecule has 1 fully saturated rings. The van der Waals surface area contributed by atoms with Gasteiger partial charge in [0.05, 0.1) is 11.9 Å². The van der Waals surface area contributed by atoms with Gasteiger partial charge in [0.2, 0.25) is 0 Å². The van der Waals surface area contributed by atoms with E-state index in [1.54, 1.807) is 12.3 Å². The van der Waals surface area contributed by atoms with Gasteiger partial charge in [0.1, 0.15) is 11.8 Å². The van der Waals surface area contributed by atoms with Crippen molar-refractivity contribution in [3.05, 3.63) is 24.0 Å². The quantitative estimate of drug-likeness (QED) is 0.752. The van der Waals surface area contributed by atoms with Crippen molar-refractivity contribution in [2.45, 2.75) is 25.8 Å². The monoisotopic (exact) mass is 201 g/mol. The van der Waals surface area contributed by atoms with Crippen molar-refractivity contribution in [2.24, 2.45) is 5.92 Å².